The van der Waals surface area contributed by atoms with Crippen LogP contribution >= 0.6 is 0 Å². The Bertz CT molecular complexity index is 909. The van der Waals surface area contributed by atoms with Gasteiger partial charge in [0.15, 0.2) is 0 Å². The number of hydrogen-bond donors (Lipinski definition) is 1. The molecule has 0 bridgehead atoms. The van der Waals surface area contributed by atoms with Crippen molar-refractivity contribution < 1.29 is 23.8 Å². The molecule has 2 aliphatic rings. The van der Waals surface area contributed by atoms with Crippen LogP contribution in [0.25, 0.3) is 0 Å². The van der Waals surface area contributed by atoms with Crippen LogP contribution in [0.5, 0.6) is 0 Å². The van der Waals surface area contributed by atoms with Crippen LogP contribution < -0.4 is 4.90 Å². The third-order valence-corrected chi connectivity index (χ3v) is 5.61. The van der Waals surface area contributed by atoms with Crippen molar-refractivity contribution in [2.24, 2.45) is 0 Å². The second-order valence-corrected chi connectivity index (χ2v) is 7.56. The van der Waals surface area contributed by atoms with Gasteiger partial charge in [0, 0.05) is 31.9 Å². The molecule has 0 unspecified atom stereocenters. The summed E-state index contributed by atoms with van der Waals surface area (Å²) < 4.78 is 19.1. The third-order valence-electron chi connectivity index (χ3n) is 5.61. The SMILES string of the molecule is O=C(O)c1ccc(CN(C(=O)N2CCN(C3COC3)CC2)c2cccc(F)c2)cc1. The van der Waals surface area contributed by atoms with Crippen LogP contribution in [0.2, 0.25) is 0 Å². The monoisotopic (exact) mass is 413 g/mol. The summed E-state index contributed by atoms with van der Waals surface area (Å²) >= 11 is 0. The number of halogens is 1. The lowest BCUT2D eigenvalue weighted by atomic mass is 10.1. The van der Waals surface area contributed by atoms with Crippen molar-refractivity contribution in [1.82, 2.24) is 9.80 Å². The predicted octanol–water partition coefficient (Wildman–Crippen LogP) is 2.67. The van der Waals surface area contributed by atoms with Gasteiger partial charge in [-0.25, -0.2) is 14.0 Å². The highest BCUT2D eigenvalue weighted by atomic mass is 19.1. The first-order valence-corrected chi connectivity index (χ1v) is 9.97. The maximum absolute atomic E-state index is 13.9. The van der Waals surface area contributed by atoms with Gasteiger partial charge >= 0.3 is 12.0 Å². The quantitative estimate of drug-likeness (QED) is 0.816. The van der Waals surface area contributed by atoms with Gasteiger partial charge in [0.2, 0.25) is 0 Å². The zero-order chi connectivity index (χ0) is 21.1. The summed E-state index contributed by atoms with van der Waals surface area (Å²) in [5, 5.41) is 9.08. The fourth-order valence-electron chi connectivity index (χ4n) is 3.73. The van der Waals surface area contributed by atoms with E-state index in [4.69, 9.17) is 9.84 Å². The highest BCUT2D eigenvalue weighted by Gasteiger charge is 2.32. The molecule has 0 atom stereocenters. The molecule has 2 amide bonds. The van der Waals surface area contributed by atoms with Crippen molar-refractivity contribution in [2.75, 3.05) is 44.3 Å². The lowest BCUT2D eigenvalue weighted by Gasteiger charge is -2.43. The number of carbonyl (C=O) groups is 2. The van der Waals surface area contributed by atoms with E-state index in [9.17, 15) is 14.0 Å². The molecule has 2 aliphatic heterocycles. The molecule has 7 nitrogen and oxygen atoms in total. The van der Waals surface area contributed by atoms with E-state index in [-0.39, 0.29) is 18.1 Å². The maximum atomic E-state index is 13.9. The van der Waals surface area contributed by atoms with E-state index in [1.807, 2.05) is 0 Å². The van der Waals surface area contributed by atoms with Gasteiger partial charge in [-0.2, -0.15) is 0 Å². The largest absolute Gasteiger partial charge is 0.478 e. The molecule has 2 heterocycles. The average molecular weight is 413 g/mol. The molecular formula is C22H24FN3O4. The van der Waals surface area contributed by atoms with Gasteiger partial charge in [0.25, 0.3) is 0 Å². The van der Waals surface area contributed by atoms with Gasteiger partial charge < -0.3 is 14.7 Å². The van der Waals surface area contributed by atoms with Crippen LogP contribution in [0.3, 0.4) is 0 Å². The summed E-state index contributed by atoms with van der Waals surface area (Å²) in [6.07, 6.45) is 0. The number of anilines is 1. The predicted molar refractivity (Wildman–Crippen MR) is 109 cm³/mol. The number of piperazine rings is 1. The van der Waals surface area contributed by atoms with Crippen molar-refractivity contribution in [2.45, 2.75) is 12.6 Å². The number of carboxylic acids is 1. The number of carbonyl (C=O) groups excluding carboxylic acids is 1. The first-order chi connectivity index (χ1) is 14.5. The molecule has 0 saturated carbocycles. The van der Waals surface area contributed by atoms with Gasteiger partial charge in [0.05, 0.1) is 31.4 Å². The summed E-state index contributed by atoms with van der Waals surface area (Å²) in [7, 11) is 0. The van der Waals surface area contributed by atoms with Gasteiger partial charge in [-0.15, -0.1) is 0 Å². The van der Waals surface area contributed by atoms with Crippen LogP contribution in [-0.2, 0) is 11.3 Å². The van der Waals surface area contributed by atoms with Gasteiger partial charge in [-0.1, -0.05) is 18.2 Å². The van der Waals surface area contributed by atoms with Crippen molar-refractivity contribution in [1.29, 1.82) is 0 Å². The maximum Gasteiger partial charge on any atom is 0.335 e. The highest BCUT2D eigenvalue weighted by molar-refractivity contribution is 5.92. The van der Waals surface area contributed by atoms with Crippen molar-refractivity contribution in [3.63, 3.8) is 0 Å². The Kier molecular flexibility index (Phi) is 5.96. The molecule has 158 valence electrons. The minimum atomic E-state index is -1.01. The summed E-state index contributed by atoms with van der Waals surface area (Å²) in [4.78, 5) is 30.1. The molecule has 30 heavy (non-hydrogen) atoms. The second-order valence-electron chi connectivity index (χ2n) is 7.56. The summed E-state index contributed by atoms with van der Waals surface area (Å²) in [5.41, 5.74) is 1.42. The molecule has 4 rings (SSSR count). The average Bonchev–Trinajstić information content (AvgIpc) is 2.71. The first kappa shape index (κ1) is 20.3. The minimum Gasteiger partial charge on any atom is -0.478 e. The molecule has 0 aliphatic carbocycles. The molecule has 2 saturated heterocycles. The fourth-order valence-corrected chi connectivity index (χ4v) is 3.73. The van der Waals surface area contributed by atoms with Crippen molar-refractivity contribution in [3.05, 3.63) is 65.5 Å². The van der Waals surface area contributed by atoms with Gasteiger partial charge in [-0.3, -0.25) is 9.80 Å². The number of carboxylic acid groups (broad SMARTS) is 1. The third kappa shape index (κ3) is 4.44. The van der Waals surface area contributed by atoms with Crippen LogP contribution in [0, 0.1) is 5.82 Å². The van der Waals surface area contributed by atoms with E-state index < -0.39 is 11.8 Å². The van der Waals surface area contributed by atoms with Crippen LogP contribution in [0.4, 0.5) is 14.9 Å². The molecule has 0 aromatic heterocycles. The number of amides is 2. The number of hydrogen-bond acceptors (Lipinski definition) is 4. The second kappa shape index (κ2) is 8.81. The molecule has 2 fully saturated rings. The van der Waals surface area contributed by atoms with E-state index in [0.29, 0.717) is 24.8 Å². The Labute approximate surface area is 174 Å². The highest BCUT2D eigenvalue weighted by Crippen LogP contribution is 2.22. The summed E-state index contributed by atoms with van der Waals surface area (Å²) in [5.74, 6) is -1.42. The lowest BCUT2D eigenvalue weighted by molar-refractivity contribution is -0.0738. The number of ether oxygens (including phenoxy) is 1. The van der Waals surface area contributed by atoms with Crippen molar-refractivity contribution >= 4 is 17.7 Å². The smallest absolute Gasteiger partial charge is 0.335 e. The molecule has 8 heteroatoms. The van der Waals surface area contributed by atoms with Gasteiger partial charge in [0.1, 0.15) is 5.82 Å². The van der Waals surface area contributed by atoms with E-state index in [1.54, 1.807) is 34.1 Å². The molecule has 1 N–H and O–H groups in total. The van der Waals surface area contributed by atoms with E-state index in [2.05, 4.69) is 4.90 Å². The van der Waals surface area contributed by atoms with Gasteiger partial charge in [-0.05, 0) is 35.9 Å². The van der Waals surface area contributed by atoms with Crippen LogP contribution in [0.15, 0.2) is 48.5 Å². The molecule has 2 aromatic rings. The minimum absolute atomic E-state index is 0.179. The van der Waals surface area contributed by atoms with E-state index in [0.717, 1.165) is 31.9 Å². The Morgan fingerprint density at radius 1 is 1.07 bits per heavy atom. The number of rotatable bonds is 5. The summed E-state index contributed by atoms with van der Waals surface area (Å²) in [6.45, 7) is 4.47. The fraction of sp³-hybridized carbons (Fsp3) is 0.364. The number of aromatic carboxylic acids is 1. The first-order valence-electron chi connectivity index (χ1n) is 9.97. The topological polar surface area (TPSA) is 73.3 Å². The Morgan fingerprint density at radius 3 is 2.33 bits per heavy atom. The van der Waals surface area contributed by atoms with Crippen LogP contribution in [0.1, 0.15) is 15.9 Å². The molecular weight excluding hydrogens is 389 g/mol. The number of benzene rings is 2. The van der Waals surface area contributed by atoms with Crippen molar-refractivity contribution in [3.8, 4) is 0 Å². The zero-order valence-corrected chi connectivity index (χ0v) is 16.5. The standard InChI is InChI=1S/C22H24FN3O4/c23-18-2-1-3-19(12-18)26(13-16-4-6-17(7-5-16)21(27)28)22(29)25-10-8-24(9-11-25)20-14-30-15-20/h1-7,12,20H,8-11,13-15H2,(H,27,28). The molecule has 0 spiro atoms. The summed E-state index contributed by atoms with van der Waals surface area (Å²) in [6, 6.07) is 12.6. The normalized spacial score (nSPS) is 17.4. The lowest BCUT2D eigenvalue weighted by Crippen LogP contribution is -2.59. The zero-order valence-electron chi connectivity index (χ0n) is 16.5. The Balaban J connectivity index is 1.51. The molecule has 0 radical (unpaired) electrons. The van der Waals surface area contributed by atoms with E-state index >= 15 is 0 Å². The Hall–Kier alpha value is -2.97. The Morgan fingerprint density at radius 2 is 1.77 bits per heavy atom. The number of urea groups is 1. The van der Waals surface area contributed by atoms with E-state index in [1.165, 1.54) is 24.3 Å². The number of nitrogens with zero attached hydrogens (tertiary/aromatic N) is 3. The molecule has 2 aromatic carbocycles. The van der Waals surface area contributed by atoms with Crippen LogP contribution in [-0.4, -0.2) is 72.3 Å².